The molecule has 2 aromatic rings. The van der Waals surface area contributed by atoms with Crippen LogP contribution in [0.1, 0.15) is 57.9 Å². The summed E-state index contributed by atoms with van der Waals surface area (Å²) in [6.45, 7) is 6.37. The smallest absolute Gasteiger partial charge is 0.322 e. The summed E-state index contributed by atoms with van der Waals surface area (Å²) in [5.74, 6) is 0.0215. The highest BCUT2D eigenvalue weighted by Crippen LogP contribution is 2.35. The Morgan fingerprint density at radius 3 is 2.59 bits per heavy atom. The molecular weight excluding hydrogens is 430 g/mol. The number of hydrazine groups is 1. The molecule has 1 saturated heterocycles. The number of carbonyl (C=O) groups is 3. The van der Waals surface area contributed by atoms with E-state index in [4.69, 9.17) is 0 Å². The Bertz CT molecular complexity index is 1010. The zero-order chi connectivity index (χ0) is 22.9. The molecule has 1 aliphatic carbocycles. The first-order valence-electron chi connectivity index (χ1n) is 10.8. The van der Waals surface area contributed by atoms with E-state index in [0.29, 0.717) is 29.8 Å². The topological polar surface area (TPSA) is 122 Å². The molecule has 0 unspecified atom stereocenters. The molecule has 170 valence electrons. The Morgan fingerprint density at radius 1 is 1.25 bits per heavy atom. The van der Waals surface area contributed by atoms with Crippen LogP contribution in [0.3, 0.4) is 0 Å². The summed E-state index contributed by atoms with van der Waals surface area (Å²) in [6, 6.07) is 7.30. The van der Waals surface area contributed by atoms with Gasteiger partial charge in [-0.3, -0.25) is 15.0 Å². The van der Waals surface area contributed by atoms with E-state index < -0.39 is 17.5 Å². The molecule has 1 aromatic heterocycles. The molecule has 1 saturated carbocycles. The van der Waals surface area contributed by atoms with Gasteiger partial charge in [0.1, 0.15) is 5.54 Å². The third-order valence-electron chi connectivity index (χ3n) is 6.10. The summed E-state index contributed by atoms with van der Waals surface area (Å²) in [5.41, 5.74) is 3.53. The number of tetrazole rings is 1. The number of hydrogen-bond donors (Lipinski definition) is 2. The van der Waals surface area contributed by atoms with Gasteiger partial charge in [0.15, 0.2) is 0 Å². The SMILES string of the molecule is CC1CCC2(CC1)NC(=O)N(NC(=O)CSc1nnnn1-c1ccc(C(C)C)cc1)C2=O. The molecule has 1 aliphatic heterocycles. The zero-order valence-corrected chi connectivity index (χ0v) is 19.2. The monoisotopic (exact) mass is 457 g/mol. The molecule has 2 fully saturated rings. The van der Waals surface area contributed by atoms with Crippen LogP contribution in [-0.4, -0.2) is 54.4 Å². The summed E-state index contributed by atoms with van der Waals surface area (Å²) >= 11 is 1.13. The van der Waals surface area contributed by atoms with Crippen molar-refractivity contribution < 1.29 is 14.4 Å². The number of thioether (sulfide) groups is 1. The van der Waals surface area contributed by atoms with Gasteiger partial charge in [-0.15, -0.1) is 5.10 Å². The molecule has 1 aromatic carbocycles. The number of nitrogens with one attached hydrogen (secondary N) is 2. The summed E-state index contributed by atoms with van der Waals surface area (Å²) in [6.07, 6.45) is 2.91. The van der Waals surface area contributed by atoms with Crippen molar-refractivity contribution in [1.82, 2.24) is 36.0 Å². The molecule has 2 N–H and O–H groups in total. The number of imide groups is 1. The molecule has 32 heavy (non-hydrogen) atoms. The van der Waals surface area contributed by atoms with Crippen molar-refractivity contribution in [1.29, 1.82) is 0 Å². The van der Waals surface area contributed by atoms with E-state index in [1.165, 1.54) is 5.56 Å². The number of aromatic nitrogens is 4. The Morgan fingerprint density at radius 2 is 1.94 bits per heavy atom. The van der Waals surface area contributed by atoms with Gasteiger partial charge in [-0.2, -0.15) is 9.69 Å². The molecule has 10 nitrogen and oxygen atoms in total. The van der Waals surface area contributed by atoms with Crippen LogP contribution in [0.2, 0.25) is 0 Å². The van der Waals surface area contributed by atoms with E-state index in [0.717, 1.165) is 35.3 Å². The van der Waals surface area contributed by atoms with E-state index in [1.54, 1.807) is 4.68 Å². The number of benzene rings is 1. The van der Waals surface area contributed by atoms with Crippen LogP contribution in [0.5, 0.6) is 0 Å². The van der Waals surface area contributed by atoms with Crippen LogP contribution in [0.15, 0.2) is 29.4 Å². The molecule has 11 heteroatoms. The van der Waals surface area contributed by atoms with Crippen molar-refractivity contribution in [3.8, 4) is 5.69 Å². The Kier molecular flexibility index (Phi) is 6.18. The number of nitrogens with zero attached hydrogens (tertiary/aromatic N) is 5. The molecule has 4 amide bonds. The number of amides is 4. The average Bonchev–Trinajstić information content (AvgIpc) is 3.33. The predicted octanol–water partition coefficient (Wildman–Crippen LogP) is 2.41. The van der Waals surface area contributed by atoms with Crippen LogP contribution in [0.4, 0.5) is 4.79 Å². The maximum absolute atomic E-state index is 12.9. The fourth-order valence-corrected chi connectivity index (χ4v) is 4.72. The van der Waals surface area contributed by atoms with Crippen LogP contribution in [-0.2, 0) is 9.59 Å². The first kappa shape index (κ1) is 22.3. The fourth-order valence-electron chi connectivity index (χ4n) is 4.03. The second kappa shape index (κ2) is 8.89. The third-order valence-corrected chi connectivity index (χ3v) is 7.02. The second-order valence-corrected chi connectivity index (χ2v) is 9.72. The minimum Gasteiger partial charge on any atom is -0.322 e. The highest BCUT2D eigenvalue weighted by molar-refractivity contribution is 7.99. The van der Waals surface area contributed by atoms with Crippen molar-refractivity contribution >= 4 is 29.6 Å². The number of rotatable bonds is 6. The molecule has 2 aliphatic rings. The van der Waals surface area contributed by atoms with Crippen LogP contribution >= 0.6 is 11.8 Å². The summed E-state index contributed by atoms with van der Waals surface area (Å²) < 4.78 is 1.55. The molecule has 0 bridgehead atoms. The number of carbonyl (C=O) groups excluding carboxylic acids is 3. The standard InChI is InChI=1S/C21H27N7O3S/c1-13(2)15-4-6-16(7-5-15)27-20(23-25-26-27)32-12-17(29)24-28-18(30)21(22-19(28)31)10-8-14(3)9-11-21/h4-7,13-14H,8-12H2,1-3H3,(H,22,31)(H,24,29). The van der Waals surface area contributed by atoms with Crippen molar-refractivity contribution in [3.63, 3.8) is 0 Å². The second-order valence-electron chi connectivity index (χ2n) is 8.78. The van der Waals surface area contributed by atoms with Gasteiger partial charge in [0.2, 0.25) is 11.1 Å². The van der Waals surface area contributed by atoms with Crippen molar-refractivity contribution in [2.45, 2.75) is 63.1 Å². The van der Waals surface area contributed by atoms with Crippen LogP contribution in [0, 0.1) is 5.92 Å². The van der Waals surface area contributed by atoms with Gasteiger partial charge < -0.3 is 5.32 Å². The van der Waals surface area contributed by atoms with Crippen LogP contribution < -0.4 is 10.7 Å². The Labute approximate surface area is 190 Å². The third kappa shape index (κ3) is 4.34. The number of urea groups is 1. The average molecular weight is 458 g/mol. The van der Waals surface area contributed by atoms with Crippen molar-refractivity contribution in [2.75, 3.05) is 5.75 Å². The first-order chi connectivity index (χ1) is 15.3. The quantitative estimate of drug-likeness (QED) is 0.504. The Balaban J connectivity index is 1.37. The fraction of sp³-hybridized carbons (Fsp3) is 0.524. The number of hydrogen-bond acceptors (Lipinski definition) is 7. The van der Waals surface area contributed by atoms with E-state index in [9.17, 15) is 14.4 Å². The van der Waals surface area contributed by atoms with E-state index in [2.05, 4.69) is 47.0 Å². The van der Waals surface area contributed by atoms with Gasteiger partial charge in [-0.25, -0.2) is 4.79 Å². The summed E-state index contributed by atoms with van der Waals surface area (Å²) in [5, 5.41) is 15.7. The van der Waals surface area contributed by atoms with Gasteiger partial charge in [0.25, 0.3) is 5.91 Å². The van der Waals surface area contributed by atoms with E-state index in [1.807, 2.05) is 24.3 Å². The lowest BCUT2D eigenvalue weighted by Gasteiger charge is -2.33. The van der Waals surface area contributed by atoms with Crippen LogP contribution in [0.25, 0.3) is 5.69 Å². The Hall–Kier alpha value is -2.95. The molecule has 0 atom stereocenters. The predicted molar refractivity (Wildman–Crippen MR) is 118 cm³/mol. The lowest BCUT2D eigenvalue weighted by Crippen LogP contribution is -2.51. The molecule has 2 heterocycles. The zero-order valence-electron chi connectivity index (χ0n) is 18.4. The minimum atomic E-state index is -0.893. The van der Waals surface area contributed by atoms with Gasteiger partial charge >= 0.3 is 6.03 Å². The van der Waals surface area contributed by atoms with Gasteiger partial charge in [0.05, 0.1) is 11.4 Å². The highest BCUT2D eigenvalue weighted by atomic mass is 32.2. The lowest BCUT2D eigenvalue weighted by atomic mass is 9.77. The van der Waals surface area contributed by atoms with Crippen molar-refractivity contribution in [3.05, 3.63) is 29.8 Å². The van der Waals surface area contributed by atoms with Gasteiger partial charge in [-0.1, -0.05) is 44.7 Å². The van der Waals surface area contributed by atoms with Gasteiger partial charge in [0, 0.05) is 0 Å². The van der Waals surface area contributed by atoms with E-state index in [-0.39, 0.29) is 11.7 Å². The minimum absolute atomic E-state index is 0.0501. The van der Waals surface area contributed by atoms with Crippen molar-refractivity contribution in [2.24, 2.45) is 5.92 Å². The van der Waals surface area contributed by atoms with Gasteiger partial charge in [-0.05, 0) is 65.6 Å². The maximum atomic E-state index is 12.9. The summed E-state index contributed by atoms with van der Waals surface area (Å²) in [4.78, 5) is 37.7. The molecule has 4 rings (SSSR count). The first-order valence-corrected chi connectivity index (χ1v) is 11.8. The molecule has 1 spiro atoms. The van der Waals surface area contributed by atoms with E-state index >= 15 is 0 Å². The largest absolute Gasteiger partial charge is 0.344 e. The molecule has 0 radical (unpaired) electrons. The summed E-state index contributed by atoms with van der Waals surface area (Å²) in [7, 11) is 0. The maximum Gasteiger partial charge on any atom is 0.344 e. The highest BCUT2D eigenvalue weighted by Gasteiger charge is 2.52. The molecular formula is C21H27N7O3S. The lowest BCUT2D eigenvalue weighted by molar-refractivity contribution is -0.139. The normalized spacial score (nSPS) is 23.1.